The molecular formula is C16H19N3O3S. The van der Waals surface area contributed by atoms with E-state index >= 15 is 0 Å². The van der Waals surface area contributed by atoms with Crippen molar-refractivity contribution in [3.8, 4) is 0 Å². The molecule has 1 aliphatic heterocycles. The molecule has 0 saturated carbocycles. The highest BCUT2D eigenvalue weighted by atomic mass is 32.1. The van der Waals surface area contributed by atoms with E-state index in [9.17, 15) is 4.79 Å². The van der Waals surface area contributed by atoms with E-state index in [0.717, 1.165) is 17.8 Å². The monoisotopic (exact) mass is 333 g/mol. The smallest absolute Gasteiger partial charge is 0.267 e. The Hall–Kier alpha value is -1.80. The molecule has 0 radical (unpaired) electrons. The first-order valence-corrected chi connectivity index (χ1v) is 8.18. The minimum atomic E-state index is -0.442. The summed E-state index contributed by atoms with van der Waals surface area (Å²) in [6, 6.07) is 7.79. The highest BCUT2D eigenvalue weighted by molar-refractivity contribution is 7.13. The van der Waals surface area contributed by atoms with Crippen LogP contribution < -0.4 is 5.32 Å². The van der Waals surface area contributed by atoms with Crippen LogP contribution in [0.25, 0.3) is 0 Å². The first-order valence-electron chi connectivity index (χ1n) is 7.36. The van der Waals surface area contributed by atoms with Gasteiger partial charge >= 0.3 is 0 Å². The summed E-state index contributed by atoms with van der Waals surface area (Å²) in [5.41, 5.74) is 1.88. The number of hydrogen-bond acceptors (Lipinski definition) is 6. The zero-order chi connectivity index (χ0) is 16.2. The molecule has 6 nitrogen and oxygen atoms in total. The molecule has 122 valence electrons. The topological polar surface area (TPSA) is 63.7 Å². The van der Waals surface area contributed by atoms with Crippen LogP contribution in [0.5, 0.6) is 0 Å². The van der Waals surface area contributed by atoms with Crippen LogP contribution in [0.4, 0.5) is 5.69 Å². The lowest BCUT2D eigenvalue weighted by Crippen LogP contribution is -2.16. The van der Waals surface area contributed by atoms with Crippen molar-refractivity contribution < 1.29 is 14.3 Å². The maximum atomic E-state index is 12.4. The van der Waals surface area contributed by atoms with Crippen molar-refractivity contribution in [3.05, 3.63) is 45.9 Å². The van der Waals surface area contributed by atoms with Gasteiger partial charge in [-0.25, -0.2) is 4.98 Å². The van der Waals surface area contributed by atoms with Crippen molar-refractivity contribution in [2.45, 2.75) is 12.8 Å². The SMILES string of the molecule is CN(C)Cc1ccccc1NC(=O)c1cnc(C2OCCO2)s1. The number of rotatable bonds is 5. The Balaban J connectivity index is 1.72. The van der Waals surface area contributed by atoms with Gasteiger partial charge in [0.25, 0.3) is 5.91 Å². The van der Waals surface area contributed by atoms with E-state index in [2.05, 4.69) is 15.2 Å². The second-order valence-corrected chi connectivity index (χ2v) is 6.55. The number of carbonyl (C=O) groups excluding carboxylic acids is 1. The van der Waals surface area contributed by atoms with E-state index < -0.39 is 6.29 Å². The lowest BCUT2D eigenvalue weighted by molar-refractivity contribution is -0.0442. The van der Waals surface area contributed by atoms with Crippen LogP contribution in [0.3, 0.4) is 0 Å². The maximum absolute atomic E-state index is 12.4. The molecule has 7 heteroatoms. The van der Waals surface area contributed by atoms with Gasteiger partial charge in [0.05, 0.1) is 19.4 Å². The number of carbonyl (C=O) groups is 1. The fraction of sp³-hybridized carbons (Fsp3) is 0.375. The number of anilines is 1. The largest absolute Gasteiger partial charge is 0.344 e. The molecule has 0 spiro atoms. The van der Waals surface area contributed by atoms with Crippen LogP contribution in [-0.4, -0.2) is 43.1 Å². The number of nitrogens with zero attached hydrogens (tertiary/aromatic N) is 2. The lowest BCUT2D eigenvalue weighted by Gasteiger charge is -2.14. The van der Waals surface area contributed by atoms with Gasteiger partial charge in [0.1, 0.15) is 9.88 Å². The summed E-state index contributed by atoms with van der Waals surface area (Å²) in [5.74, 6) is -0.169. The fourth-order valence-corrected chi connectivity index (χ4v) is 3.12. The third kappa shape index (κ3) is 3.94. The molecule has 1 amide bonds. The molecule has 0 atom stereocenters. The Morgan fingerprint density at radius 3 is 2.83 bits per heavy atom. The maximum Gasteiger partial charge on any atom is 0.267 e. The van der Waals surface area contributed by atoms with E-state index in [1.165, 1.54) is 11.3 Å². The van der Waals surface area contributed by atoms with Crippen molar-refractivity contribution in [3.63, 3.8) is 0 Å². The van der Waals surface area contributed by atoms with Crippen molar-refractivity contribution in [2.75, 3.05) is 32.6 Å². The Labute approximate surface area is 139 Å². The van der Waals surface area contributed by atoms with Crippen molar-refractivity contribution in [1.29, 1.82) is 0 Å². The molecule has 23 heavy (non-hydrogen) atoms. The van der Waals surface area contributed by atoms with Gasteiger partial charge in [0.15, 0.2) is 0 Å². The first-order chi connectivity index (χ1) is 11.1. The van der Waals surface area contributed by atoms with Crippen LogP contribution in [-0.2, 0) is 16.0 Å². The summed E-state index contributed by atoms with van der Waals surface area (Å²) >= 11 is 1.29. The zero-order valence-electron chi connectivity index (χ0n) is 13.1. The summed E-state index contributed by atoms with van der Waals surface area (Å²) < 4.78 is 10.8. The van der Waals surface area contributed by atoms with Gasteiger partial charge < -0.3 is 19.7 Å². The molecule has 3 rings (SSSR count). The Morgan fingerprint density at radius 1 is 1.35 bits per heavy atom. The molecule has 1 N–H and O–H groups in total. The molecule has 1 aromatic heterocycles. The van der Waals surface area contributed by atoms with Gasteiger partial charge in [-0.15, -0.1) is 11.3 Å². The normalized spacial score (nSPS) is 15.3. The number of ether oxygens (including phenoxy) is 2. The minimum Gasteiger partial charge on any atom is -0.344 e. The third-order valence-electron chi connectivity index (χ3n) is 3.32. The second-order valence-electron chi connectivity index (χ2n) is 5.49. The molecule has 1 aliphatic rings. The molecule has 0 unspecified atom stereocenters. The quantitative estimate of drug-likeness (QED) is 0.911. The van der Waals surface area contributed by atoms with Gasteiger partial charge in [-0.05, 0) is 25.7 Å². The van der Waals surface area contributed by atoms with E-state index in [0.29, 0.717) is 23.1 Å². The molecule has 1 aromatic carbocycles. The molecule has 2 heterocycles. The Morgan fingerprint density at radius 2 is 2.09 bits per heavy atom. The fourth-order valence-electron chi connectivity index (χ4n) is 2.31. The number of thiazole rings is 1. The summed E-state index contributed by atoms with van der Waals surface area (Å²) in [6.45, 7) is 1.88. The van der Waals surface area contributed by atoms with Crippen LogP contribution in [0, 0.1) is 0 Å². The van der Waals surface area contributed by atoms with Gasteiger partial charge in [-0.1, -0.05) is 18.2 Å². The molecule has 1 fully saturated rings. The predicted octanol–water partition coefficient (Wildman–Crippen LogP) is 2.50. The van der Waals surface area contributed by atoms with Crippen molar-refractivity contribution in [1.82, 2.24) is 9.88 Å². The van der Waals surface area contributed by atoms with Gasteiger partial charge in [0, 0.05) is 12.2 Å². The van der Waals surface area contributed by atoms with E-state index in [1.54, 1.807) is 6.20 Å². The molecule has 0 aliphatic carbocycles. The summed E-state index contributed by atoms with van der Waals surface area (Å²) in [7, 11) is 3.99. The van der Waals surface area contributed by atoms with Crippen molar-refractivity contribution in [2.24, 2.45) is 0 Å². The number of aromatic nitrogens is 1. The van der Waals surface area contributed by atoms with Crippen LogP contribution >= 0.6 is 11.3 Å². The number of para-hydroxylation sites is 1. The Bertz CT molecular complexity index is 681. The minimum absolute atomic E-state index is 0.169. The summed E-state index contributed by atoms with van der Waals surface area (Å²) in [6.07, 6.45) is 1.12. The standard InChI is InChI=1S/C16H19N3O3S/c1-19(2)10-11-5-3-4-6-12(11)18-14(20)13-9-17-15(23-13)16-21-7-8-22-16/h3-6,9,16H,7-8,10H2,1-2H3,(H,18,20). The van der Waals surface area contributed by atoms with E-state index in [-0.39, 0.29) is 5.91 Å². The number of amides is 1. The molecule has 1 saturated heterocycles. The summed E-state index contributed by atoms with van der Waals surface area (Å²) in [4.78, 5) is 19.3. The van der Waals surface area contributed by atoms with Crippen LogP contribution in [0.15, 0.2) is 30.5 Å². The Kier molecular flexibility index (Phi) is 5.02. The van der Waals surface area contributed by atoms with Gasteiger partial charge in [-0.2, -0.15) is 0 Å². The average Bonchev–Trinajstić information content (AvgIpc) is 3.19. The van der Waals surface area contributed by atoms with Crippen LogP contribution in [0.2, 0.25) is 0 Å². The molecular weight excluding hydrogens is 314 g/mol. The number of benzene rings is 1. The summed E-state index contributed by atoms with van der Waals surface area (Å²) in [5, 5.41) is 3.63. The third-order valence-corrected chi connectivity index (χ3v) is 4.34. The number of hydrogen-bond donors (Lipinski definition) is 1. The number of nitrogens with one attached hydrogen (secondary N) is 1. The van der Waals surface area contributed by atoms with Gasteiger partial charge in [-0.3, -0.25) is 4.79 Å². The second kappa shape index (κ2) is 7.18. The van der Waals surface area contributed by atoms with E-state index in [4.69, 9.17) is 9.47 Å². The van der Waals surface area contributed by atoms with E-state index in [1.807, 2.05) is 38.4 Å². The van der Waals surface area contributed by atoms with Gasteiger partial charge in [0.2, 0.25) is 6.29 Å². The average molecular weight is 333 g/mol. The lowest BCUT2D eigenvalue weighted by atomic mass is 10.1. The molecule has 2 aromatic rings. The van der Waals surface area contributed by atoms with Crippen molar-refractivity contribution >= 4 is 22.9 Å². The molecule has 0 bridgehead atoms. The predicted molar refractivity (Wildman–Crippen MR) is 88.5 cm³/mol. The zero-order valence-corrected chi connectivity index (χ0v) is 13.9. The highest BCUT2D eigenvalue weighted by Crippen LogP contribution is 2.28. The van der Waals surface area contributed by atoms with Crippen LogP contribution in [0.1, 0.15) is 26.5 Å². The first kappa shape index (κ1) is 16.1. The highest BCUT2D eigenvalue weighted by Gasteiger charge is 2.23.